The van der Waals surface area contributed by atoms with Crippen molar-refractivity contribution < 1.29 is 0 Å². The number of nitrogens with one attached hydrogen (secondary N) is 1. The molecule has 1 heterocycles. The highest BCUT2D eigenvalue weighted by atomic mass is 79.9. The number of hydrogen-bond donors (Lipinski definition) is 4. The third kappa shape index (κ3) is 2.95. The van der Waals surface area contributed by atoms with Crippen LogP contribution in [0.3, 0.4) is 0 Å². The maximum absolute atomic E-state index is 12.5. The van der Waals surface area contributed by atoms with Crippen LogP contribution in [0, 0.1) is 5.92 Å². The lowest BCUT2D eigenvalue weighted by Crippen LogP contribution is -2.37. The van der Waals surface area contributed by atoms with Gasteiger partial charge in [0.2, 0.25) is 5.16 Å². The molecular weight excluding hydrogens is 315 g/mol. The van der Waals surface area contributed by atoms with Crippen molar-refractivity contribution in [2.24, 2.45) is 17.5 Å². The Labute approximate surface area is 116 Å². The molecule has 0 aliphatic heterocycles. The summed E-state index contributed by atoms with van der Waals surface area (Å²) in [5, 5.41) is 0.0114. The molecule has 1 aromatic rings. The fraction of sp³-hybridized carbons (Fsp3) is 0.545. The summed E-state index contributed by atoms with van der Waals surface area (Å²) in [6.45, 7) is 6.28. The number of nitrogen functional groups attached to an aromatic ring is 1. The van der Waals surface area contributed by atoms with E-state index in [1.165, 1.54) is 0 Å². The molecule has 0 radical (unpaired) electrons. The van der Waals surface area contributed by atoms with Gasteiger partial charge in [0.25, 0.3) is 0 Å². The first-order chi connectivity index (χ1) is 8.31. The van der Waals surface area contributed by atoms with E-state index in [9.17, 15) is 4.79 Å². The van der Waals surface area contributed by atoms with Gasteiger partial charge >= 0.3 is 0 Å². The first kappa shape index (κ1) is 15.7. The lowest BCUT2D eigenvalue weighted by molar-refractivity contribution is 0.575. The second-order valence-corrected chi connectivity index (χ2v) is 7.79. The van der Waals surface area contributed by atoms with Gasteiger partial charge in [-0.3, -0.25) is 10.6 Å². The highest BCUT2D eigenvalue weighted by molar-refractivity contribution is 9.10. The minimum absolute atomic E-state index is 0.0114. The van der Waals surface area contributed by atoms with Crippen molar-refractivity contribution in [3.63, 3.8) is 0 Å². The smallest absolute Gasteiger partial charge is 0.204 e. The van der Waals surface area contributed by atoms with Crippen LogP contribution in [0.25, 0.3) is 0 Å². The van der Waals surface area contributed by atoms with Crippen LogP contribution in [0.2, 0.25) is 0 Å². The summed E-state index contributed by atoms with van der Waals surface area (Å²) in [7, 11) is -0.938. The van der Waals surface area contributed by atoms with Gasteiger partial charge in [-0.05, 0) is 27.6 Å². The van der Waals surface area contributed by atoms with Gasteiger partial charge in [0.15, 0.2) is 0 Å². The fourth-order valence-electron chi connectivity index (χ4n) is 1.64. The quantitative estimate of drug-likeness (QED) is 0.383. The predicted octanol–water partition coefficient (Wildman–Crippen LogP) is 2.02. The first-order valence-electron chi connectivity index (χ1n) is 5.73. The Balaban J connectivity index is 3.49. The third-order valence-corrected chi connectivity index (χ3v) is 6.89. The highest BCUT2D eigenvalue weighted by Gasteiger charge is 2.21. The molecule has 0 aromatic carbocycles. The Morgan fingerprint density at radius 3 is 2.39 bits per heavy atom. The van der Waals surface area contributed by atoms with E-state index in [2.05, 4.69) is 42.1 Å². The van der Waals surface area contributed by atoms with Gasteiger partial charge in [0.1, 0.15) is 0 Å². The molecule has 0 bridgehead atoms. The van der Waals surface area contributed by atoms with Gasteiger partial charge < -0.3 is 11.5 Å². The Bertz CT molecular complexity index is 489. The number of hydrogen-bond acceptors (Lipinski definition) is 5. The van der Waals surface area contributed by atoms with Crippen LogP contribution in [0.1, 0.15) is 38.2 Å². The maximum Gasteiger partial charge on any atom is 0.204 e. The van der Waals surface area contributed by atoms with E-state index in [0.717, 1.165) is 4.47 Å². The van der Waals surface area contributed by atoms with Crippen molar-refractivity contribution >= 4 is 29.2 Å². The van der Waals surface area contributed by atoms with Crippen LogP contribution in [-0.4, -0.2) is 0 Å². The SMILES string of the molecule is CC(C)[C@@H](C)p1cc(Br)c(N)c(C(N)NN)c1=O. The van der Waals surface area contributed by atoms with Crippen molar-refractivity contribution in [1.29, 1.82) is 0 Å². The zero-order chi connectivity index (χ0) is 14.0. The van der Waals surface area contributed by atoms with E-state index in [-0.39, 0.29) is 10.8 Å². The summed E-state index contributed by atoms with van der Waals surface area (Å²) >= 11 is 3.39. The second kappa shape index (κ2) is 6.17. The average molecular weight is 335 g/mol. The van der Waals surface area contributed by atoms with Gasteiger partial charge in [-0.25, -0.2) is 5.43 Å². The molecule has 7 N–H and O–H groups in total. The molecule has 18 heavy (non-hydrogen) atoms. The van der Waals surface area contributed by atoms with Crippen LogP contribution >= 0.6 is 23.5 Å². The highest BCUT2D eigenvalue weighted by Crippen LogP contribution is 2.43. The molecule has 0 amide bonds. The van der Waals surface area contributed by atoms with Crippen molar-refractivity contribution in [2.45, 2.75) is 32.6 Å². The molecule has 0 fully saturated rings. The predicted molar refractivity (Wildman–Crippen MR) is 81.3 cm³/mol. The number of nitrogens with two attached hydrogens (primary N) is 3. The summed E-state index contributed by atoms with van der Waals surface area (Å²) in [5.41, 5.74) is 15.1. The molecule has 102 valence electrons. The minimum Gasteiger partial charge on any atom is -0.397 e. The normalized spacial score (nSPS) is 15.8. The maximum atomic E-state index is 12.5. The zero-order valence-electron chi connectivity index (χ0n) is 10.8. The first-order valence-corrected chi connectivity index (χ1v) is 8.00. The Morgan fingerprint density at radius 2 is 1.94 bits per heavy atom. The molecule has 1 aromatic heterocycles. The van der Waals surface area contributed by atoms with Gasteiger partial charge in [-0.15, -0.1) is 0 Å². The molecule has 5 nitrogen and oxygen atoms in total. The molecular formula is C11H20BrN4OP. The summed E-state index contributed by atoms with van der Waals surface area (Å²) < 4.78 is 0.737. The third-order valence-electron chi connectivity index (χ3n) is 3.16. The summed E-state index contributed by atoms with van der Waals surface area (Å²) in [4.78, 5) is 12.5. The molecule has 0 aliphatic rings. The van der Waals surface area contributed by atoms with Crippen molar-refractivity contribution in [2.75, 3.05) is 5.73 Å². The number of hydrazine groups is 1. The summed E-state index contributed by atoms with van der Waals surface area (Å²) in [6, 6.07) is 0. The van der Waals surface area contributed by atoms with Crippen molar-refractivity contribution in [1.82, 2.24) is 5.43 Å². The van der Waals surface area contributed by atoms with E-state index in [1.54, 1.807) is 0 Å². The van der Waals surface area contributed by atoms with Gasteiger partial charge in [-0.2, -0.15) is 0 Å². The van der Waals surface area contributed by atoms with E-state index in [1.807, 2.05) is 5.80 Å². The molecule has 3 atom stereocenters. The minimum atomic E-state index is -0.938. The van der Waals surface area contributed by atoms with Gasteiger partial charge in [0.05, 0.1) is 17.4 Å². The van der Waals surface area contributed by atoms with Gasteiger partial charge in [-0.1, -0.05) is 28.3 Å². The van der Waals surface area contributed by atoms with E-state index >= 15 is 0 Å². The number of anilines is 1. The summed E-state index contributed by atoms with van der Waals surface area (Å²) in [5.74, 6) is 7.65. The van der Waals surface area contributed by atoms with E-state index in [0.29, 0.717) is 17.2 Å². The van der Waals surface area contributed by atoms with E-state index in [4.69, 9.17) is 17.3 Å². The monoisotopic (exact) mass is 334 g/mol. The van der Waals surface area contributed by atoms with Crippen molar-refractivity contribution in [3.05, 3.63) is 25.8 Å². The molecule has 7 heteroatoms. The van der Waals surface area contributed by atoms with Crippen LogP contribution in [0.4, 0.5) is 5.69 Å². The van der Waals surface area contributed by atoms with Crippen LogP contribution < -0.4 is 27.9 Å². The van der Waals surface area contributed by atoms with Crippen LogP contribution in [-0.2, 0) is 0 Å². The lowest BCUT2D eigenvalue weighted by Gasteiger charge is -2.20. The Morgan fingerprint density at radius 1 is 1.39 bits per heavy atom. The van der Waals surface area contributed by atoms with Crippen LogP contribution in [0.5, 0.6) is 0 Å². The topological polar surface area (TPSA) is 107 Å². The second-order valence-electron chi connectivity index (χ2n) is 4.65. The van der Waals surface area contributed by atoms with Crippen molar-refractivity contribution in [3.8, 4) is 0 Å². The van der Waals surface area contributed by atoms with E-state index < -0.39 is 13.7 Å². The molecule has 0 aliphatic carbocycles. The Kier molecular flexibility index (Phi) is 5.37. The Hall–Kier alpha value is -0.390. The summed E-state index contributed by atoms with van der Waals surface area (Å²) in [6.07, 6.45) is -0.733. The number of rotatable bonds is 4. The van der Waals surface area contributed by atoms with Gasteiger partial charge in [0, 0.05) is 10.1 Å². The average Bonchev–Trinajstić information content (AvgIpc) is 2.32. The molecule has 0 saturated heterocycles. The standard InChI is InChI=1S/C11H20BrN4OP/c1-5(2)6(3)18-4-7(12)9(13)8(11(18)17)10(14)16-15/h4-6,10,16H,13-15H2,1-3H3/t6-,10?,18?/m1/s1. The largest absolute Gasteiger partial charge is 0.397 e. The molecule has 0 saturated carbocycles. The molecule has 0 spiro atoms. The molecule has 2 unspecified atom stereocenters. The molecule has 1 rings (SSSR count). The van der Waals surface area contributed by atoms with Crippen LogP contribution in [0.15, 0.2) is 15.1 Å². The zero-order valence-corrected chi connectivity index (χ0v) is 13.3. The number of halogens is 1. The lowest BCUT2D eigenvalue weighted by atomic mass is 10.2. The fourth-order valence-corrected chi connectivity index (χ4v) is 4.80.